The summed E-state index contributed by atoms with van der Waals surface area (Å²) in [4.78, 5) is 16.2. The fourth-order valence-corrected chi connectivity index (χ4v) is 4.82. The number of rotatable bonds is 4. The molecule has 0 saturated carbocycles. The summed E-state index contributed by atoms with van der Waals surface area (Å²) in [5.74, 6) is 1.09. The summed E-state index contributed by atoms with van der Waals surface area (Å²) in [7, 11) is 2.23. The number of anilines is 2. The van der Waals surface area contributed by atoms with Crippen molar-refractivity contribution >= 4 is 45.4 Å². The van der Waals surface area contributed by atoms with Gasteiger partial charge in [0.1, 0.15) is 5.82 Å². The number of nitrogen functional groups attached to an aromatic ring is 1. The Balaban J connectivity index is 1.85. The van der Waals surface area contributed by atoms with Crippen LogP contribution >= 0.6 is 22.6 Å². The Labute approximate surface area is 163 Å². The van der Waals surface area contributed by atoms with E-state index in [1.807, 2.05) is 19.9 Å². The maximum Gasteiger partial charge on any atom is 0.226 e. The van der Waals surface area contributed by atoms with Gasteiger partial charge in [0.05, 0.1) is 9.43 Å². The molecule has 0 bridgehead atoms. The van der Waals surface area contributed by atoms with E-state index >= 15 is 0 Å². The number of likely N-dealkylation sites (tertiary alicyclic amines) is 1. The van der Waals surface area contributed by atoms with Gasteiger partial charge in [0.2, 0.25) is 5.95 Å². The van der Waals surface area contributed by atoms with Crippen molar-refractivity contribution in [2.75, 3.05) is 18.1 Å². The number of nitrogens with two attached hydrogens (primary N) is 1. The molecule has 1 aliphatic rings. The van der Waals surface area contributed by atoms with Crippen LogP contribution in [0.15, 0.2) is 6.07 Å². The fraction of sp³-hybridized carbons (Fsp3) is 0.611. The second kappa shape index (κ2) is 7.57. The van der Waals surface area contributed by atoms with Crippen LogP contribution in [0.4, 0.5) is 11.8 Å². The minimum absolute atomic E-state index is 0.359. The maximum atomic E-state index is 6.20. The van der Waals surface area contributed by atoms with Gasteiger partial charge in [0.15, 0.2) is 5.65 Å². The molecule has 7 heteroatoms. The zero-order chi connectivity index (χ0) is 18.1. The highest BCUT2D eigenvalue weighted by Gasteiger charge is 2.31. The zero-order valence-electron chi connectivity index (χ0n) is 15.4. The van der Waals surface area contributed by atoms with Crippen molar-refractivity contribution < 1.29 is 0 Å². The molecular weight excluding hydrogens is 427 g/mol. The molecule has 3 rings (SSSR count). The molecule has 25 heavy (non-hydrogen) atoms. The van der Waals surface area contributed by atoms with E-state index in [4.69, 9.17) is 5.73 Å². The van der Waals surface area contributed by atoms with E-state index in [-0.39, 0.29) is 0 Å². The molecule has 1 aliphatic heterocycles. The second-order valence-electron chi connectivity index (χ2n) is 7.07. The average molecular weight is 454 g/mol. The molecule has 2 aromatic rings. The van der Waals surface area contributed by atoms with E-state index in [1.165, 1.54) is 12.8 Å². The monoisotopic (exact) mass is 454 g/mol. The molecular formula is C18H27IN6. The number of aromatic nitrogens is 3. The Bertz CT molecular complexity index is 765. The van der Waals surface area contributed by atoms with Gasteiger partial charge in [-0.25, -0.2) is 4.98 Å². The van der Waals surface area contributed by atoms with Gasteiger partial charge >= 0.3 is 0 Å². The predicted octanol–water partition coefficient (Wildman–Crippen LogP) is 3.66. The summed E-state index contributed by atoms with van der Waals surface area (Å²) in [6.07, 6.45) is 4.59. The van der Waals surface area contributed by atoms with Crippen LogP contribution in [-0.4, -0.2) is 43.0 Å². The van der Waals surface area contributed by atoms with E-state index in [1.54, 1.807) is 0 Å². The van der Waals surface area contributed by atoms with Crippen LogP contribution in [0.1, 0.15) is 43.9 Å². The smallest absolute Gasteiger partial charge is 0.226 e. The topological polar surface area (TPSA) is 80.0 Å². The molecule has 0 aromatic carbocycles. The van der Waals surface area contributed by atoms with Gasteiger partial charge in [-0.15, -0.1) is 0 Å². The molecule has 0 spiro atoms. The summed E-state index contributed by atoms with van der Waals surface area (Å²) in [5, 5.41) is 4.38. The van der Waals surface area contributed by atoms with Crippen molar-refractivity contribution in [1.29, 1.82) is 0 Å². The summed E-state index contributed by atoms with van der Waals surface area (Å²) in [5.41, 5.74) is 8.89. The van der Waals surface area contributed by atoms with Gasteiger partial charge in [-0.2, -0.15) is 9.97 Å². The number of nitrogens with zero attached hydrogens (tertiary/aromatic N) is 4. The number of pyridine rings is 1. The van der Waals surface area contributed by atoms with Gasteiger partial charge in [0, 0.05) is 17.8 Å². The number of nitrogens with one attached hydrogen (secondary N) is 1. The van der Waals surface area contributed by atoms with Crippen molar-refractivity contribution in [3.8, 4) is 0 Å². The van der Waals surface area contributed by atoms with E-state index in [0.29, 0.717) is 33.5 Å². The first-order chi connectivity index (χ1) is 11.9. The SMILES string of the molecule is CCC[C@@H]1CC(Nc2nc(N)c3c(C)cc(C)nc3n2)C[C@H](I)N1C. The van der Waals surface area contributed by atoms with Crippen molar-refractivity contribution in [2.24, 2.45) is 0 Å². The highest BCUT2D eigenvalue weighted by atomic mass is 127. The first-order valence-corrected chi connectivity index (χ1v) is 10.2. The molecule has 1 unspecified atom stereocenters. The lowest BCUT2D eigenvalue weighted by molar-refractivity contribution is 0.155. The zero-order valence-corrected chi connectivity index (χ0v) is 17.5. The molecule has 3 heterocycles. The van der Waals surface area contributed by atoms with Crippen LogP contribution in [0, 0.1) is 13.8 Å². The number of alkyl halides is 1. The summed E-state index contributed by atoms with van der Waals surface area (Å²) >= 11 is 2.53. The second-order valence-corrected chi connectivity index (χ2v) is 8.50. The van der Waals surface area contributed by atoms with Gasteiger partial charge in [-0.05, 0) is 51.8 Å². The molecule has 0 aliphatic carbocycles. The third-order valence-electron chi connectivity index (χ3n) is 5.03. The van der Waals surface area contributed by atoms with E-state index in [0.717, 1.165) is 29.5 Å². The van der Waals surface area contributed by atoms with Crippen LogP contribution in [0.3, 0.4) is 0 Å². The van der Waals surface area contributed by atoms with Gasteiger partial charge in [-0.3, -0.25) is 4.90 Å². The van der Waals surface area contributed by atoms with Crippen molar-refractivity contribution in [3.05, 3.63) is 17.3 Å². The molecule has 3 N–H and O–H groups in total. The minimum Gasteiger partial charge on any atom is -0.383 e. The number of fused-ring (bicyclic) bond motifs is 1. The Morgan fingerprint density at radius 1 is 1.28 bits per heavy atom. The quantitative estimate of drug-likeness (QED) is 0.417. The number of aryl methyl sites for hydroxylation is 2. The fourth-order valence-electron chi connectivity index (χ4n) is 3.75. The summed E-state index contributed by atoms with van der Waals surface area (Å²) in [6.45, 7) is 6.25. The lowest BCUT2D eigenvalue weighted by atomic mass is 9.94. The molecule has 0 radical (unpaired) electrons. The Hall–Kier alpha value is -1.22. The normalized spacial score (nSPS) is 24.6. The molecule has 136 valence electrons. The largest absolute Gasteiger partial charge is 0.383 e. The standard InChI is InChI=1S/C18H27IN6/c1-5-6-13-8-12(9-14(19)25(13)4)22-18-23-16(20)15-10(2)7-11(3)21-17(15)24-18/h7,12-14H,5-6,8-9H2,1-4H3,(H3,20,21,22,23,24)/t12?,13-,14-/m1/s1. The maximum absolute atomic E-state index is 6.20. The van der Waals surface area contributed by atoms with Crippen LogP contribution in [0.25, 0.3) is 11.0 Å². The van der Waals surface area contributed by atoms with Crippen molar-refractivity contribution in [3.63, 3.8) is 0 Å². The third-order valence-corrected chi connectivity index (χ3v) is 6.42. The highest BCUT2D eigenvalue weighted by molar-refractivity contribution is 14.1. The molecule has 6 nitrogen and oxygen atoms in total. The van der Waals surface area contributed by atoms with Crippen LogP contribution in [0.5, 0.6) is 0 Å². The van der Waals surface area contributed by atoms with Crippen molar-refractivity contribution in [1.82, 2.24) is 19.9 Å². The van der Waals surface area contributed by atoms with Crippen LogP contribution in [0.2, 0.25) is 0 Å². The van der Waals surface area contributed by atoms with Gasteiger partial charge in [0.25, 0.3) is 0 Å². The highest BCUT2D eigenvalue weighted by Crippen LogP contribution is 2.30. The lowest BCUT2D eigenvalue weighted by Gasteiger charge is -2.41. The first kappa shape index (κ1) is 18.6. The first-order valence-electron chi connectivity index (χ1n) is 8.93. The number of hydrogen-bond acceptors (Lipinski definition) is 6. The summed E-state index contributed by atoms with van der Waals surface area (Å²) in [6, 6.07) is 2.97. The van der Waals surface area contributed by atoms with E-state index in [2.05, 4.69) is 61.7 Å². The molecule has 0 amide bonds. The molecule has 2 aromatic heterocycles. The Kier molecular flexibility index (Phi) is 5.62. The van der Waals surface area contributed by atoms with E-state index in [9.17, 15) is 0 Å². The van der Waals surface area contributed by atoms with Crippen LogP contribution in [-0.2, 0) is 0 Å². The average Bonchev–Trinajstić information content (AvgIpc) is 2.51. The van der Waals surface area contributed by atoms with Gasteiger partial charge in [-0.1, -0.05) is 35.9 Å². The predicted molar refractivity (Wildman–Crippen MR) is 112 cm³/mol. The number of piperidine rings is 1. The number of hydrogen-bond donors (Lipinski definition) is 2. The van der Waals surface area contributed by atoms with Crippen LogP contribution < -0.4 is 11.1 Å². The van der Waals surface area contributed by atoms with Gasteiger partial charge < -0.3 is 11.1 Å². The van der Waals surface area contributed by atoms with E-state index < -0.39 is 0 Å². The third kappa shape index (κ3) is 3.97. The Morgan fingerprint density at radius 2 is 2.04 bits per heavy atom. The minimum atomic E-state index is 0.359. The lowest BCUT2D eigenvalue weighted by Crippen LogP contribution is -2.48. The number of halogens is 1. The molecule has 1 fully saturated rings. The molecule has 1 saturated heterocycles. The summed E-state index contributed by atoms with van der Waals surface area (Å²) < 4.78 is 0.515. The molecule has 3 atom stereocenters. The Morgan fingerprint density at radius 3 is 2.76 bits per heavy atom. The van der Waals surface area contributed by atoms with Crippen molar-refractivity contribution in [2.45, 2.75) is 62.6 Å².